The van der Waals surface area contributed by atoms with Crippen LogP contribution in [0.1, 0.15) is 25.0 Å². The molecule has 76 valence electrons. The fourth-order valence-corrected chi connectivity index (χ4v) is 1.32. The minimum absolute atomic E-state index is 0.658. The number of rotatable bonds is 3. The highest BCUT2D eigenvalue weighted by Crippen LogP contribution is 2.16. The number of hydrogen-bond acceptors (Lipinski definition) is 1. The quantitative estimate of drug-likeness (QED) is 0.661. The molecular formula is C13H18O. The molecule has 0 N–H and O–H groups in total. The predicted molar refractivity (Wildman–Crippen MR) is 60.8 cm³/mol. The first kappa shape index (κ1) is 10.8. The molecule has 0 spiro atoms. The van der Waals surface area contributed by atoms with Crippen LogP contribution in [-0.4, -0.2) is 6.61 Å². The molecule has 1 heteroatoms. The third-order valence-corrected chi connectivity index (χ3v) is 1.94. The van der Waals surface area contributed by atoms with Crippen molar-refractivity contribution in [1.82, 2.24) is 0 Å². The van der Waals surface area contributed by atoms with Gasteiger partial charge in [-0.05, 0) is 57.0 Å². The third kappa shape index (κ3) is 3.65. The standard InChI is InChI=1S/C13H18O/c1-10(2)5-6-14-13-8-11(3)7-12(4)9-13/h5,7-9H,6H2,1-4H3. The van der Waals surface area contributed by atoms with Crippen LogP contribution in [0.5, 0.6) is 5.75 Å². The van der Waals surface area contributed by atoms with E-state index in [0.717, 1.165) is 5.75 Å². The van der Waals surface area contributed by atoms with Crippen LogP contribution in [0.2, 0.25) is 0 Å². The molecule has 1 aromatic carbocycles. The highest BCUT2D eigenvalue weighted by Gasteiger charge is 1.95. The Labute approximate surface area is 86.4 Å². The summed E-state index contributed by atoms with van der Waals surface area (Å²) in [6, 6.07) is 6.27. The van der Waals surface area contributed by atoms with Crippen molar-refractivity contribution in [3.05, 3.63) is 41.0 Å². The lowest BCUT2D eigenvalue weighted by atomic mass is 10.1. The van der Waals surface area contributed by atoms with Crippen LogP contribution >= 0.6 is 0 Å². The van der Waals surface area contributed by atoms with Gasteiger partial charge >= 0.3 is 0 Å². The molecule has 0 saturated carbocycles. The summed E-state index contributed by atoms with van der Waals surface area (Å²) >= 11 is 0. The van der Waals surface area contributed by atoms with E-state index in [2.05, 4.69) is 52.0 Å². The Morgan fingerprint density at radius 3 is 2.21 bits per heavy atom. The van der Waals surface area contributed by atoms with Crippen molar-refractivity contribution in [1.29, 1.82) is 0 Å². The summed E-state index contributed by atoms with van der Waals surface area (Å²) in [6.45, 7) is 8.97. The van der Waals surface area contributed by atoms with Gasteiger partial charge in [-0.1, -0.05) is 11.6 Å². The van der Waals surface area contributed by atoms with Crippen LogP contribution in [0.3, 0.4) is 0 Å². The van der Waals surface area contributed by atoms with E-state index in [1.807, 2.05) is 0 Å². The Hall–Kier alpha value is -1.24. The summed E-state index contributed by atoms with van der Waals surface area (Å²) in [6.07, 6.45) is 2.08. The fraction of sp³-hybridized carbons (Fsp3) is 0.385. The van der Waals surface area contributed by atoms with Gasteiger partial charge in [0, 0.05) is 0 Å². The number of ether oxygens (including phenoxy) is 1. The van der Waals surface area contributed by atoms with Crippen LogP contribution in [0.15, 0.2) is 29.8 Å². The number of benzene rings is 1. The monoisotopic (exact) mass is 190 g/mol. The number of aryl methyl sites for hydroxylation is 2. The first-order valence-electron chi connectivity index (χ1n) is 4.92. The Morgan fingerprint density at radius 1 is 1.14 bits per heavy atom. The summed E-state index contributed by atoms with van der Waals surface area (Å²) in [5.41, 5.74) is 3.78. The van der Waals surface area contributed by atoms with Crippen LogP contribution < -0.4 is 4.74 Å². The van der Waals surface area contributed by atoms with Crippen molar-refractivity contribution in [3.63, 3.8) is 0 Å². The molecule has 0 saturated heterocycles. The van der Waals surface area contributed by atoms with Crippen molar-refractivity contribution in [2.75, 3.05) is 6.61 Å². The molecule has 0 radical (unpaired) electrons. The molecule has 0 amide bonds. The number of allylic oxidation sites excluding steroid dienone is 1. The minimum Gasteiger partial charge on any atom is -0.490 e. The topological polar surface area (TPSA) is 9.23 Å². The molecule has 1 nitrogen and oxygen atoms in total. The lowest BCUT2D eigenvalue weighted by Gasteiger charge is -2.06. The first-order valence-corrected chi connectivity index (χ1v) is 4.92. The van der Waals surface area contributed by atoms with Gasteiger partial charge < -0.3 is 4.74 Å². The van der Waals surface area contributed by atoms with Gasteiger partial charge in [-0.2, -0.15) is 0 Å². The van der Waals surface area contributed by atoms with Gasteiger partial charge in [-0.25, -0.2) is 0 Å². The molecule has 0 atom stereocenters. The van der Waals surface area contributed by atoms with Crippen molar-refractivity contribution in [3.8, 4) is 5.75 Å². The van der Waals surface area contributed by atoms with Crippen LogP contribution in [0, 0.1) is 13.8 Å². The zero-order chi connectivity index (χ0) is 10.6. The second kappa shape index (κ2) is 4.85. The van der Waals surface area contributed by atoms with E-state index >= 15 is 0 Å². The van der Waals surface area contributed by atoms with E-state index in [0.29, 0.717) is 6.61 Å². The predicted octanol–water partition coefficient (Wildman–Crippen LogP) is 3.65. The SMILES string of the molecule is CC(C)=CCOc1cc(C)cc(C)c1. The fourth-order valence-electron chi connectivity index (χ4n) is 1.32. The molecule has 0 aliphatic heterocycles. The van der Waals surface area contributed by atoms with Crippen LogP contribution in [0.25, 0.3) is 0 Å². The van der Waals surface area contributed by atoms with E-state index in [1.54, 1.807) is 0 Å². The maximum Gasteiger partial charge on any atom is 0.120 e. The molecule has 1 aromatic rings. The van der Waals surface area contributed by atoms with Gasteiger partial charge in [-0.15, -0.1) is 0 Å². The van der Waals surface area contributed by atoms with Crippen molar-refractivity contribution < 1.29 is 4.74 Å². The second-order valence-electron chi connectivity index (χ2n) is 3.92. The van der Waals surface area contributed by atoms with Gasteiger partial charge in [0.25, 0.3) is 0 Å². The molecule has 14 heavy (non-hydrogen) atoms. The summed E-state index contributed by atoms with van der Waals surface area (Å²) in [4.78, 5) is 0. The summed E-state index contributed by atoms with van der Waals surface area (Å²) in [5.74, 6) is 0.958. The van der Waals surface area contributed by atoms with E-state index < -0.39 is 0 Å². The summed E-state index contributed by atoms with van der Waals surface area (Å²) < 4.78 is 5.60. The van der Waals surface area contributed by atoms with Gasteiger partial charge in [0.15, 0.2) is 0 Å². The molecule has 1 rings (SSSR count). The molecule has 0 bridgehead atoms. The molecule has 0 fully saturated rings. The van der Waals surface area contributed by atoms with Crippen molar-refractivity contribution >= 4 is 0 Å². The van der Waals surface area contributed by atoms with E-state index in [4.69, 9.17) is 4.74 Å². The normalized spacial score (nSPS) is 9.71. The molecule has 0 unspecified atom stereocenters. The average Bonchev–Trinajstić information content (AvgIpc) is 2.01. The van der Waals surface area contributed by atoms with Gasteiger partial charge in [0.1, 0.15) is 12.4 Å². The lowest BCUT2D eigenvalue weighted by molar-refractivity contribution is 0.361. The third-order valence-electron chi connectivity index (χ3n) is 1.94. The highest BCUT2D eigenvalue weighted by molar-refractivity contribution is 5.33. The van der Waals surface area contributed by atoms with E-state index in [9.17, 15) is 0 Å². The van der Waals surface area contributed by atoms with Crippen LogP contribution in [0.4, 0.5) is 0 Å². The zero-order valence-electron chi connectivity index (χ0n) is 9.42. The summed E-state index contributed by atoms with van der Waals surface area (Å²) in [5, 5.41) is 0. The average molecular weight is 190 g/mol. The second-order valence-corrected chi connectivity index (χ2v) is 3.92. The Bertz CT molecular complexity index is 313. The van der Waals surface area contributed by atoms with E-state index in [1.165, 1.54) is 16.7 Å². The molecule has 0 aliphatic carbocycles. The first-order chi connectivity index (χ1) is 6.58. The molecule has 0 heterocycles. The smallest absolute Gasteiger partial charge is 0.120 e. The molecule has 0 aromatic heterocycles. The molecular weight excluding hydrogens is 172 g/mol. The largest absolute Gasteiger partial charge is 0.490 e. The van der Waals surface area contributed by atoms with Crippen molar-refractivity contribution in [2.24, 2.45) is 0 Å². The lowest BCUT2D eigenvalue weighted by Crippen LogP contribution is -1.94. The van der Waals surface area contributed by atoms with Gasteiger partial charge in [0.2, 0.25) is 0 Å². The van der Waals surface area contributed by atoms with Crippen LogP contribution in [-0.2, 0) is 0 Å². The highest BCUT2D eigenvalue weighted by atomic mass is 16.5. The van der Waals surface area contributed by atoms with Gasteiger partial charge in [-0.3, -0.25) is 0 Å². The Balaban J connectivity index is 2.63. The van der Waals surface area contributed by atoms with Crippen molar-refractivity contribution in [2.45, 2.75) is 27.7 Å². The Morgan fingerprint density at radius 2 is 1.71 bits per heavy atom. The van der Waals surface area contributed by atoms with E-state index in [-0.39, 0.29) is 0 Å². The summed E-state index contributed by atoms with van der Waals surface area (Å²) in [7, 11) is 0. The maximum absolute atomic E-state index is 5.60. The molecule has 0 aliphatic rings. The van der Waals surface area contributed by atoms with Gasteiger partial charge in [0.05, 0.1) is 0 Å². The zero-order valence-corrected chi connectivity index (χ0v) is 9.42. The minimum atomic E-state index is 0.658. The number of hydrogen-bond donors (Lipinski definition) is 0. The maximum atomic E-state index is 5.60. The Kier molecular flexibility index (Phi) is 3.75.